The van der Waals surface area contributed by atoms with Crippen molar-refractivity contribution in [1.29, 1.82) is 0 Å². The Bertz CT molecular complexity index is 1590. The number of piperazine rings is 1. The molecule has 2 aliphatic rings. The maximum atomic E-state index is 13.1. The van der Waals surface area contributed by atoms with Gasteiger partial charge in [-0.25, -0.2) is 9.97 Å². The molecule has 0 radical (unpaired) electrons. The fourth-order valence-corrected chi connectivity index (χ4v) is 5.59. The van der Waals surface area contributed by atoms with Gasteiger partial charge in [-0.05, 0) is 62.6 Å². The van der Waals surface area contributed by atoms with E-state index in [0.29, 0.717) is 40.8 Å². The van der Waals surface area contributed by atoms with Crippen molar-refractivity contribution in [3.8, 4) is 5.69 Å². The molecule has 2 amide bonds. The summed E-state index contributed by atoms with van der Waals surface area (Å²) in [5, 5.41) is 7.42. The van der Waals surface area contributed by atoms with Crippen molar-refractivity contribution in [2.24, 2.45) is 5.73 Å². The van der Waals surface area contributed by atoms with Crippen LogP contribution in [0.25, 0.3) is 16.7 Å². The number of likely N-dealkylation sites (tertiary alicyclic amines) is 1. The van der Waals surface area contributed by atoms with Crippen molar-refractivity contribution in [2.45, 2.75) is 44.3 Å². The quantitative estimate of drug-likeness (QED) is 0.332. The zero-order valence-electron chi connectivity index (χ0n) is 23.8. The molecule has 1 aromatic carbocycles. The summed E-state index contributed by atoms with van der Waals surface area (Å²) < 4.78 is 1.83. The number of carbonyl (C=O) groups is 2. The molecule has 5 heterocycles. The molecule has 4 aromatic rings. The molecule has 212 valence electrons. The summed E-state index contributed by atoms with van der Waals surface area (Å²) in [5.41, 5.74) is 9.15. The average molecular weight is 554 g/mol. The van der Waals surface area contributed by atoms with E-state index in [1.165, 1.54) is 4.90 Å². The first-order valence-corrected chi connectivity index (χ1v) is 13.8. The van der Waals surface area contributed by atoms with E-state index in [0.717, 1.165) is 42.6 Å². The molecule has 11 heteroatoms. The highest BCUT2D eigenvalue weighted by Crippen LogP contribution is 2.27. The fraction of sp³-hybridized carbons (Fsp3) is 0.367. The van der Waals surface area contributed by atoms with Gasteiger partial charge in [-0.3, -0.25) is 14.2 Å². The molecule has 2 aliphatic heterocycles. The second kappa shape index (κ2) is 10.2. The minimum atomic E-state index is -0.489. The third-order valence-corrected chi connectivity index (χ3v) is 7.79. The molecular weight excluding hydrogens is 518 g/mol. The Morgan fingerprint density at radius 3 is 2.34 bits per heavy atom. The molecule has 0 aliphatic carbocycles. The summed E-state index contributed by atoms with van der Waals surface area (Å²) in [5.74, 6) is 0.685. The van der Waals surface area contributed by atoms with E-state index >= 15 is 0 Å². The number of hydrogen-bond acceptors (Lipinski definition) is 8. The van der Waals surface area contributed by atoms with Crippen LogP contribution >= 0.6 is 0 Å². The maximum absolute atomic E-state index is 13.1. The molecule has 41 heavy (non-hydrogen) atoms. The number of pyridine rings is 1. The lowest BCUT2D eigenvalue weighted by molar-refractivity contribution is 0.0697. The fourth-order valence-electron chi connectivity index (χ4n) is 5.59. The molecule has 2 atom stereocenters. The molecule has 0 saturated carbocycles. The highest BCUT2D eigenvalue weighted by Gasteiger charge is 2.34. The molecule has 2 saturated heterocycles. The number of anilines is 2. The van der Waals surface area contributed by atoms with Gasteiger partial charge in [-0.1, -0.05) is 12.1 Å². The van der Waals surface area contributed by atoms with E-state index in [9.17, 15) is 9.59 Å². The van der Waals surface area contributed by atoms with Crippen molar-refractivity contribution < 1.29 is 9.59 Å². The van der Waals surface area contributed by atoms with Crippen LogP contribution in [0.2, 0.25) is 0 Å². The number of amides is 2. The van der Waals surface area contributed by atoms with Gasteiger partial charge >= 0.3 is 0 Å². The lowest BCUT2D eigenvalue weighted by atomic mass is 9.95. The Morgan fingerprint density at radius 2 is 1.73 bits per heavy atom. The number of aromatic nitrogens is 4. The predicted octanol–water partition coefficient (Wildman–Crippen LogP) is 3.03. The molecule has 6 rings (SSSR count). The molecule has 11 nitrogen and oxygen atoms in total. The Balaban J connectivity index is 1.28. The summed E-state index contributed by atoms with van der Waals surface area (Å²) in [7, 11) is 3.44. The highest BCUT2D eigenvalue weighted by atomic mass is 16.2. The predicted molar refractivity (Wildman–Crippen MR) is 157 cm³/mol. The van der Waals surface area contributed by atoms with E-state index in [4.69, 9.17) is 10.7 Å². The Labute approximate surface area is 238 Å². The number of nitrogens with zero attached hydrogens (tertiary/aromatic N) is 6. The van der Waals surface area contributed by atoms with Crippen molar-refractivity contribution in [2.75, 3.05) is 32.5 Å². The Morgan fingerprint density at radius 1 is 1.02 bits per heavy atom. The van der Waals surface area contributed by atoms with Crippen molar-refractivity contribution in [3.63, 3.8) is 0 Å². The second-order valence-electron chi connectivity index (χ2n) is 11.7. The standard InChI is InChI=1S/C30H35N9O2/c1-30(2,31)20-6-10-23(11-7-20)39-24(28(41)37(3)4)13-19-15-33-29(36-26(19)39)35-25-12-5-18(14-32-25)27(40)38-16-21-8-9-22(17-38)34-21/h5-7,10-15,21-22,34H,8-9,16-17,31H2,1-4H3,(H,32,33,35,36). The molecule has 2 bridgehead atoms. The zero-order chi connectivity index (χ0) is 28.9. The van der Waals surface area contributed by atoms with Crippen molar-refractivity contribution >= 4 is 34.6 Å². The molecule has 3 aromatic heterocycles. The van der Waals surface area contributed by atoms with Gasteiger partial charge in [-0.15, -0.1) is 0 Å². The van der Waals surface area contributed by atoms with Crippen LogP contribution in [0, 0.1) is 0 Å². The first-order valence-electron chi connectivity index (χ1n) is 13.8. The summed E-state index contributed by atoms with van der Waals surface area (Å²) in [4.78, 5) is 43.3. The van der Waals surface area contributed by atoms with Crippen LogP contribution in [0.1, 0.15) is 53.1 Å². The van der Waals surface area contributed by atoms with E-state index in [1.54, 1.807) is 44.7 Å². The minimum absolute atomic E-state index is 0.0000715. The van der Waals surface area contributed by atoms with E-state index < -0.39 is 5.54 Å². The third-order valence-electron chi connectivity index (χ3n) is 7.79. The monoisotopic (exact) mass is 553 g/mol. The van der Waals surface area contributed by atoms with E-state index in [1.807, 2.05) is 47.6 Å². The average Bonchev–Trinajstić information content (AvgIpc) is 3.50. The topological polar surface area (TPSA) is 134 Å². The third kappa shape index (κ3) is 5.25. The minimum Gasteiger partial charge on any atom is -0.343 e. The zero-order valence-corrected chi connectivity index (χ0v) is 23.8. The SMILES string of the molecule is CN(C)C(=O)c1cc2cnc(Nc3ccc(C(=O)N4CC5CCC(C4)N5)cn3)nc2n1-c1ccc(C(C)(C)N)cc1. The summed E-state index contributed by atoms with van der Waals surface area (Å²) in [6, 6.07) is 13.9. The first-order chi connectivity index (χ1) is 19.6. The largest absolute Gasteiger partial charge is 0.343 e. The van der Waals surface area contributed by atoms with Crippen LogP contribution in [0.5, 0.6) is 0 Å². The molecular formula is C30H35N9O2. The number of nitrogens with one attached hydrogen (secondary N) is 2. The lowest BCUT2D eigenvalue weighted by Crippen LogP contribution is -2.53. The van der Waals surface area contributed by atoms with Gasteiger partial charge in [0.15, 0.2) is 5.65 Å². The first kappa shape index (κ1) is 26.9. The van der Waals surface area contributed by atoms with Gasteiger partial charge in [0.25, 0.3) is 11.8 Å². The van der Waals surface area contributed by atoms with Gasteiger partial charge in [0, 0.05) is 68.3 Å². The van der Waals surface area contributed by atoms with Crippen molar-refractivity contribution in [3.05, 3.63) is 71.7 Å². The van der Waals surface area contributed by atoms with Crippen LogP contribution in [-0.2, 0) is 5.54 Å². The van der Waals surface area contributed by atoms with Crippen LogP contribution < -0.4 is 16.4 Å². The molecule has 2 unspecified atom stereocenters. The van der Waals surface area contributed by atoms with Crippen LogP contribution in [0.3, 0.4) is 0 Å². The van der Waals surface area contributed by atoms with Gasteiger partial charge in [0.2, 0.25) is 5.95 Å². The lowest BCUT2D eigenvalue weighted by Gasteiger charge is -2.32. The van der Waals surface area contributed by atoms with Crippen LogP contribution in [0.15, 0.2) is 54.9 Å². The summed E-state index contributed by atoms with van der Waals surface area (Å²) >= 11 is 0. The molecule has 4 N–H and O–H groups in total. The van der Waals surface area contributed by atoms with Gasteiger partial charge < -0.3 is 26.2 Å². The Hall–Kier alpha value is -4.35. The summed E-state index contributed by atoms with van der Waals surface area (Å²) in [6.07, 6.45) is 5.50. The highest BCUT2D eigenvalue weighted by molar-refractivity contribution is 5.99. The number of nitrogens with two attached hydrogens (primary N) is 1. The van der Waals surface area contributed by atoms with Crippen LogP contribution in [-0.4, -0.2) is 80.4 Å². The molecule has 2 fully saturated rings. The number of hydrogen-bond donors (Lipinski definition) is 3. The second-order valence-corrected chi connectivity index (χ2v) is 11.7. The smallest absolute Gasteiger partial charge is 0.270 e. The maximum Gasteiger partial charge on any atom is 0.270 e. The normalized spacial score (nSPS) is 18.5. The van der Waals surface area contributed by atoms with Gasteiger partial charge in [-0.2, -0.15) is 4.98 Å². The van der Waals surface area contributed by atoms with Gasteiger partial charge in [0.05, 0.1) is 5.56 Å². The number of benzene rings is 1. The van der Waals surface area contributed by atoms with Crippen molar-refractivity contribution in [1.82, 2.24) is 34.6 Å². The molecule has 0 spiro atoms. The number of fused-ring (bicyclic) bond motifs is 3. The number of rotatable bonds is 6. The van der Waals surface area contributed by atoms with E-state index in [-0.39, 0.29) is 11.8 Å². The number of carbonyl (C=O) groups excluding carboxylic acids is 2. The van der Waals surface area contributed by atoms with Gasteiger partial charge in [0.1, 0.15) is 11.5 Å². The van der Waals surface area contributed by atoms with E-state index in [2.05, 4.69) is 20.6 Å². The Kier molecular flexibility index (Phi) is 6.71. The van der Waals surface area contributed by atoms with Crippen LogP contribution in [0.4, 0.5) is 11.8 Å². The summed E-state index contributed by atoms with van der Waals surface area (Å²) in [6.45, 7) is 5.36.